The van der Waals surface area contributed by atoms with Crippen LogP contribution in [0.1, 0.15) is 37.0 Å². The second-order valence-electron chi connectivity index (χ2n) is 8.09. The Kier molecular flexibility index (Phi) is 4.86. The van der Waals surface area contributed by atoms with Gasteiger partial charge in [-0.15, -0.1) is 0 Å². The van der Waals surface area contributed by atoms with E-state index in [4.69, 9.17) is 0 Å². The van der Waals surface area contributed by atoms with Gasteiger partial charge in [0, 0.05) is 37.6 Å². The Balaban J connectivity index is 1.45. The first-order valence-corrected chi connectivity index (χ1v) is 9.93. The van der Waals surface area contributed by atoms with E-state index in [1.807, 2.05) is 38.2 Å². The van der Waals surface area contributed by atoms with Gasteiger partial charge in [-0.1, -0.05) is 13.8 Å². The Labute approximate surface area is 169 Å². The highest BCUT2D eigenvalue weighted by molar-refractivity contribution is 6.07. The average molecular weight is 395 g/mol. The van der Waals surface area contributed by atoms with Crippen LogP contribution in [0.2, 0.25) is 0 Å². The molecular weight excluding hydrogens is 370 g/mol. The van der Waals surface area contributed by atoms with Crippen molar-refractivity contribution in [1.29, 1.82) is 0 Å². The third-order valence-corrected chi connectivity index (χ3v) is 5.71. The minimum Gasteiger partial charge on any atom is -0.338 e. The fraction of sp³-hybridized carbons (Fsp3) is 0.429. The number of benzene rings is 1. The summed E-state index contributed by atoms with van der Waals surface area (Å²) >= 11 is 0. The lowest BCUT2D eigenvalue weighted by molar-refractivity contribution is -0.129. The number of piperidine rings is 1. The van der Waals surface area contributed by atoms with Crippen molar-refractivity contribution >= 4 is 17.8 Å². The number of hydrogen-bond acceptors (Lipinski definition) is 4. The highest BCUT2D eigenvalue weighted by Crippen LogP contribution is 2.34. The van der Waals surface area contributed by atoms with Crippen molar-refractivity contribution < 1.29 is 14.4 Å². The van der Waals surface area contributed by atoms with Gasteiger partial charge in [0.25, 0.3) is 11.8 Å². The van der Waals surface area contributed by atoms with E-state index < -0.39 is 5.54 Å². The molecule has 0 radical (unpaired) electrons. The molecule has 1 spiro atoms. The number of rotatable bonds is 4. The van der Waals surface area contributed by atoms with Gasteiger partial charge in [-0.3, -0.25) is 14.9 Å². The number of nitrogens with zero attached hydrogens (tertiary/aromatic N) is 4. The maximum atomic E-state index is 12.9. The predicted molar refractivity (Wildman–Crippen MR) is 107 cm³/mol. The number of hydrogen-bond donors (Lipinski definition) is 1. The SMILES string of the molecule is CC(C)CN1C(=O)NC(=O)C12CCN(C(=O)c1ccc(-n3cccn3)cc1)CC2. The summed E-state index contributed by atoms with van der Waals surface area (Å²) in [4.78, 5) is 41.2. The van der Waals surface area contributed by atoms with Crippen LogP contribution in [-0.4, -0.2) is 62.6 Å². The standard InChI is InChI=1S/C21H25N5O3/c1-15(2)14-25-20(29)23-19(28)21(25)8-12-24(13-9-21)18(27)16-4-6-17(7-5-16)26-11-3-10-22-26/h3-7,10-11,15H,8-9,12-14H2,1-2H3,(H,23,28,29). The van der Waals surface area contributed by atoms with Gasteiger partial charge in [-0.2, -0.15) is 5.10 Å². The van der Waals surface area contributed by atoms with Crippen LogP contribution in [0, 0.1) is 5.92 Å². The Morgan fingerprint density at radius 3 is 2.45 bits per heavy atom. The van der Waals surface area contributed by atoms with Crippen molar-refractivity contribution in [3.8, 4) is 5.69 Å². The van der Waals surface area contributed by atoms with E-state index in [9.17, 15) is 14.4 Å². The Hall–Kier alpha value is -3.16. The van der Waals surface area contributed by atoms with Crippen molar-refractivity contribution in [2.75, 3.05) is 19.6 Å². The van der Waals surface area contributed by atoms with Gasteiger partial charge < -0.3 is 9.80 Å². The second kappa shape index (κ2) is 7.35. The number of nitrogens with one attached hydrogen (secondary N) is 1. The molecule has 2 saturated heterocycles. The second-order valence-corrected chi connectivity index (χ2v) is 8.09. The lowest BCUT2D eigenvalue weighted by Gasteiger charge is -2.42. The Morgan fingerprint density at radius 2 is 1.86 bits per heavy atom. The van der Waals surface area contributed by atoms with Crippen molar-refractivity contribution in [2.45, 2.75) is 32.2 Å². The highest BCUT2D eigenvalue weighted by atomic mass is 16.2. The number of aromatic nitrogens is 2. The van der Waals surface area contributed by atoms with Gasteiger partial charge in [0.15, 0.2) is 0 Å². The van der Waals surface area contributed by atoms with Gasteiger partial charge in [0.05, 0.1) is 5.69 Å². The van der Waals surface area contributed by atoms with Crippen LogP contribution in [0.4, 0.5) is 4.79 Å². The number of imide groups is 1. The fourth-order valence-corrected chi connectivity index (χ4v) is 4.16. The first-order valence-electron chi connectivity index (χ1n) is 9.93. The van der Waals surface area contributed by atoms with E-state index in [1.54, 1.807) is 32.8 Å². The van der Waals surface area contributed by atoms with Crippen LogP contribution in [0.15, 0.2) is 42.7 Å². The smallest absolute Gasteiger partial charge is 0.325 e. The van der Waals surface area contributed by atoms with Crippen LogP contribution >= 0.6 is 0 Å². The first kappa shape index (κ1) is 19.2. The lowest BCUT2D eigenvalue weighted by atomic mass is 9.85. The zero-order valence-electron chi connectivity index (χ0n) is 16.7. The van der Waals surface area contributed by atoms with E-state index in [1.165, 1.54) is 0 Å². The van der Waals surface area contributed by atoms with Crippen molar-refractivity contribution in [3.63, 3.8) is 0 Å². The summed E-state index contributed by atoms with van der Waals surface area (Å²) in [5.74, 6) is -0.0395. The van der Waals surface area contributed by atoms with Gasteiger partial charge in [-0.05, 0) is 49.1 Å². The molecule has 0 bridgehead atoms. The Morgan fingerprint density at radius 1 is 1.17 bits per heavy atom. The lowest BCUT2D eigenvalue weighted by Crippen LogP contribution is -2.58. The molecule has 1 aromatic carbocycles. The molecular formula is C21H25N5O3. The fourth-order valence-electron chi connectivity index (χ4n) is 4.16. The van der Waals surface area contributed by atoms with E-state index in [0.717, 1.165) is 5.69 Å². The maximum absolute atomic E-state index is 12.9. The van der Waals surface area contributed by atoms with Gasteiger partial charge >= 0.3 is 6.03 Å². The normalized spacial score (nSPS) is 18.6. The average Bonchev–Trinajstić information content (AvgIpc) is 3.32. The molecule has 0 unspecified atom stereocenters. The van der Waals surface area contributed by atoms with E-state index in [-0.39, 0.29) is 23.8 Å². The molecule has 0 saturated carbocycles. The zero-order chi connectivity index (χ0) is 20.6. The molecule has 1 N–H and O–H groups in total. The topological polar surface area (TPSA) is 87.5 Å². The van der Waals surface area contributed by atoms with Gasteiger partial charge in [-0.25, -0.2) is 9.48 Å². The third-order valence-electron chi connectivity index (χ3n) is 5.71. The molecule has 4 amide bonds. The molecule has 0 atom stereocenters. The largest absolute Gasteiger partial charge is 0.338 e. The van der Waals surface area contributed by atoms with Crippen molar-refractivity contribution in [3.05, 3.63) is 48.3 Å². The minimum atomic E-state index is -0.831. The summed E-state index contributed by atoms with van der Waals surface area (Å²) in [6, 6.07) is 8.83. The monoisotopic (exact) mass is 395 g/mol. The Bertz CT molecular complexity index is 912. The summed E-state index contributed by atoms with van der Waals surface area (Å²) in [5, 5.41) is 6.65. The molecule has 4 rings (SSSR count). The van der Waals surface area contributed by atoms with Crippen molar-refractivity contribution in [1.82, 2.24) is 24.9 Å². The molecule has 3 heterocycles. The molecule has 2 fully saturated rings. The van der Waals surface area contributed by atoms with E-state index in [0.29, 0.717) is 38.0 Å². The van der Waals surface area contributed by atoms with E-state index in [2.05, 4.69) is 10.4 Å². The molecule has 1 aromatic heterocycles. The van der Waals surface area contributed by atoms with Crippen LogP contribution in [0.5, 0.6) is 0 Å². The highest BCUT2D eigenvalue weighted by Gasteiger charge is 2.54. The van der Waals surface area contributed by atoms with Crippen LogP contribution in [-0.2, 0) is 4.79 Å². The summed E-state index contributed by atoms with van der Waals surface area (Å²) in [7, 11) is 0. The zero-order valence-corrected chi connectivity index (χ0v) is 16.7. The number of amides is 4. The molecule has 152 valence electrons. The maximum Gasteiger partial charge on any atom is 0.325 e. The third kappa shape index (κ3) is 3.39. The molecule has 29 heavy (non-hydrogen) atoms. The molecule has 2 aliphatic rings. The minimum absolute atomic E-state index is 0.0630. The molecule has 8 nitrogen and oxygen atoms in total. The van der Waals surface area contributed by atoms with Gasteiger partial charge in [0.2, 0.25) is 0 Å². The summed E-state index contributed by atoms with van der Waals surface area (Å²) in [5.41, 5.74) is 0.652. The summed E-state index contributed by atoms with van der Waals surface area (Å²) < 4.78 is 1.73. The quantitative estimate of drug-likeness (QED) is 0.803. The molecule has 8 heteroatoms. The first-order chi connectivity index (χ1) is 13.9. The van der Waals surface area contributed by atoms with Crippen LogP contribution in [0.25, 0.3) is 5.69 Å². The van der Waals surface area contributed by atoms with Crippen LogP contribution < -0.4 is 5.32 Å². The van der Waals surface area contributed by atoms with Crippen molar-refractivity contribution in [2.24, 2.45) is 5.92 Å². The molecule has 2 aliphatic heterocycles. The summed E-state index contributed by atoms with van der Waals surface area (Å²) in [6.45, 7) is 5.45. The number of carbonyl (C=O) groups is 3. The van der Waals surface area contributed by atoms with E-state index >= 15 is 0 Å². The molecule has 0 aliphatic carbocycles. The van der Waals surface area contributed by atoms with Gasteiger partial charge in [0.1, 0.15) is 5.54 Å². The number of urea groups is 1. The van der Waals surface area contributed by atoms with Crippen LogP contribution in [0.3, 0.4) is 0 Å². The number of carbonyl (C=O) groups excluding carboxylic acids is 3. The number of likely N-dealkylation sites (tertiary alicyclic amines) is 1. The summed E-state index contributed by atoms with van der Waals surface area (Å²) in [6.07, 6.45) is 4.45. The molecule has 2 aromatic rings. The predicted octanol–water partition coefficient (Wildman–Crippen LogP) is 2.05.